The van der Waals surface area contributed by atoms with Gasteiger partial charge >= 0.3 is 0 Å². The van der Waals surface area contributed by atoms with Gasteiger partial charge in [-0.15, -0.1) is 0 Å². The van der Waals surface area contributed by atoms with Crippen LogP contribution < -0.4 is 5.32 Å². The van der Waals surface area contributed by atoms with Crippen molar-refractivity contribution in [3.05, 3.63) is 50.2 Å². The molecule has 18 heavy (non-hydrogen) atoms. The largest absolute Gasteiger partial charge is 0.340 e. The van der Waals surface area contributed by atoms with Gasteiger partial charge < -0.3 is 5.32 Å². The molecule has 0 atom stereocenters. The van der Waals surface area contributed by atoms with Gasteiger partial charge in [0, 0.05) is 9.26 Å². The van der Waals surface area contributed by atoms with Crippen LogP contribution in [0.4, 0.5) is 11.5 Å². The Balaban J connectivity index is 2.31. The van der Waals surface area contributed by atoms with Crippen LogP contribution >= 0.6 is 34.2 Å². The van der Waals surface area contributed by atoms with E-state index in [1.54, 1.807) is 6.07 Å². The summed E-state index contributed by atoms with van der Waals surface area (Å²) in [6, 6.07) is 11.3. The fourth-order valence-corrected chi connectivity index (χ4v) is 2.17. The summed E-state index contributed by atoms with van der Waals surface area (Å²) in [5, 5.41) is 12.3. The van der Waals surface area contributed by atoms with Crippen molar-refractivity contribution in [2.75, 3.05) is 5.32 Å². The van der Waals surface area contributed by atoms with E-state index in [9.17, 15) is 0 Å². The Hall–Kier alpha value is -1.32. The first kappa shape index (κ1) is 13.1. The Labute approximate surface area is 124 Å². The van der Waals surface area contributed by atoms with Crippen molar-refractivity contribution in [3.8, 4) is 6.07 Å². The molecule has 1 N–H and O–H groups in total. The molecule has 3 nitrogen and oxygen atoms in total. The Bertz CT molecular complexity index is 635. The first-order chi connectivity index (χ1) is 8.58. The zero-order chi connectivity index (χ0) is 13.1. The lowest BCUT2D eigenvalue weighted by molar-refractivity contribution is 1.29. The van der Waals surface area contributed by atoms with Crippen molar-refractivity contribution in [3.63, 3.8) is 0 Å². The minimum Gasteiger partial charge on any atom is -0.340 e. The lowest BCUT2D eigenvalue weighted by Gasteiger charge is -2.08. The first-order valence-corrected chi connectivity index (χ1v) is 6.65. The molecule has 1 aromatic heterocycles. The summed E-state index contributed by atoms with van der Waals surface area (Å²) < 4.78 is 1.17. The van der Waals surface area contributed by atoms with Crippen LogP contribution in [0.5, 0.6) is 0 Å². The smallest absolute Gasteiger partial charge is 0.133 e. The predicted molar refractivity (Wildman–Crippen MR) is 81.1 cm³/mol. The number of hydrogen-bond acceptors (Lipinski definition) is 3. The maximum absolute atomic E-state index is 8.87. The molecule has 2 aromatic rings. The fraction of sp³-hybridized carbons (Fsp3) is 0.0769. The number of nitriles is 1. The fourth-order valence-electron chi connectivity index (χ4n) is 1.44. The molecule has 0 bridgehead atoms. The Kier molecular flexibility index (Phi) is 4.04. The maximum atomic E-state index is 8.87. The average Bonchev–Trinajstić information content (AvgIpc) is 2.33. The van der Waals surface area contributed by atoms with Crippen molar-refractivity contribution in [2.45, 2.75) is 6.92 Å². The Morgan fingerprint density at radius 1 is 1.33 bits per heavy atom. The van der Waals surface area contributed by atoms with Crippen LogP contribution in [0.1, 0.15) is 11.1 Å². The number of hydrogen-bond donors (Lipinski definition) is 1. The molecule has 0 aliphatic rings. The second-order valence-corrected chi connectivity index (χ2v) is 5.31. The molecule has 0 saturated heterocycles. The summed E-state index contributed by atoms with van der Waals surface area (Å²) in [5.41, 5.74) is 2.63. The predicted octanol–water partition coefficient (Wildman–Crippen LogP) is 4.26. The van der Waals surface area contributed by atoms with Crippen LogP contribution in [0, 0.1) is 21.8 Å². The zero-order valence-corrected chi connectivity index (χ0v) is 12.5. The van der Waals surface area contributed by atoms with Crippen molar-refractivity contribution in [1.82, 2.24) is 4.98 Å². The van der Waals surface area contributed by atoms with Gasteiger partial charge in [-0.3, -0.25) is 0 Å². The third kappa shape index (κ3) is 3.12. The van der Waals surface area contributed by atoms with Crippen LogP contribution in [0.25, 0.3) is 0 Å². The summed E-state index contributed by atoms with van der Waals surface area (Å²) >= 11 is 8.12. The van der Waals surface area contributed by atoms with Gasteiger partial charge in [0.2, 0.25) is 0 Å². The number of rotatable bonds is 2. The molecular formula is C13H9ClIN3. The highest BCUT2D eigenvalue weighted by molar-refractivity contribution is 14.1. The monoisotopic (exact) mass is 369 g/mol. The van der Waals surface area contributed by atoms with Gasteiger partial charge in [0.05, 0.1) is 11.6 Å². The van der Waals surface area contributed by atoms with Gasteiger partial charge in [-0.1, -0.05) is 17.7 Å². The summed E-state index contributed by atoms with van der Waals surface area (Å²) in [6.07, 6.45) is 0. The minimum absolute atomic E-state index is 0.304. The second kappa shape index (κ2) is 5.55. The summed E-state index contributed by atoms with van der Waals surface area (Å²) in [7, 11) is 0. The third-order valence-electron chi connectivity index (χ3n) is 2.37. The number of halogens is 2. The highest BCUT2D eigenvalue weighted by atomic mass is 127. The molecule has 0 unspecified atom stereocenters. The van der Waals surface area contributed by atoms with E-state index in [4.69, 9.17) is 16.9 Å². The molecule has 0 saturated carbocycles. The van der Waals surface area contributed by atoms with Crippen LogP contribution in [-0.2, 0) is 0 Å². The molecule has 2 rings (SSSR count). The first-order valence-electron chi connectivity index (χ1n) is 5.19. The number of aryl methyl sites for hydroxylation is 1. The molecule has 0 radical (unpaired) electrons. The standard InChI is InChI=1S/C13H9ClIN3/c1-8-2-3-10(6-11(8)15)17-13-5-9(7-16)4-12(14)18-13/h2-6H,1H3,(H,17,18). The van der Waals surface area contributed by atoms with Gasteiger partial charge in [-0.25, -0.2) is 4.98 Å². The molecule has 0 aliphatic carbocycles. The van der Waals surface area contributed by atoms with Gasteiger partial charge in [-0.05, 0) is 59.3 Å². The van der Waals surface area contributed by atoms with E-state index in [0.717, 1.165) is 5.69 Å². The van der Waals surface area contributed by atoms with Crippen molar-refractivity contribution < 1.29 is 0 Å². The average molecular weight is 370 g/mol. The number of benzene rings is 1. The van der Waals surface area contributed by atoms with Crippen LogP contribution in [-0.4, -0.2) is 4.98 Å². The highest BCUT2D eigenvalue weighted by Gasteiger charge is 2.03. The van der Waals surface area contributed by atoms with Crippen LogP contribution in [0.15, 0.2) is 30.3 Å². The normalized spacial score (nSPS) is 9.89. The van der Waals surface area contributed by atoms with Crippen LogP contribution in [0.2, 0.25) is 5.15 Å². The lowest BCUT2D eigenvalue weighted by Crippen LogP contribution is -1.95. The van der Waals surface area contributed by atoms with Gasteiger partial charge in [0.25, 0.3) is 0 Å². The van der Waals surface area contributed by atoms with Gasteiger partial charge in [-0.2, -0.15) is 5.26 Å². The minimum atomic E-state index is 0.304. The number of anilines is 2. The number of aromatic nitrogens is 1. The topological polar surface area (TPSA) is 48.7 Å². The van der Waals surface area contributed by atoms with Crippen molar-refractivity contribution >= 4 is 45.7 Å². The molecule has 1 aromatic carbocycles. The SMILES string of the molecule is Cc1ccc(Nc2cc(C#N)cc(Cl)n2)cc1I. The number of nitrogens with zero attached hydrogens (tertiary/aromatic N) is 2. The zero-order valence-electron chi connectivity index (χ0n) is 9.54. The van der Waals surface area contributed by atoms with E-state index in [0.29, 0.717) is 16.5 Å². The van der Waals surface area contributed by atoms with E-state index < -0.39 is 0 Å². The number of nitrogens with one attached hydrogen (secondary N) is 1. The molecule has 90 valence electrons. The molecule has 1 heterocycles. The van der Waals surface area contributed by atoms with Gasteiger partial charge in [0.15, 0.2) is 0 Å². The Morgan fingerprint density at radius 2 is 2.11 bits per heavy atom. The van der Waals surface area contributed by atoms with E-state index in [1.807, 2.05) is 24.3 Å². The summed E-state index contributed by atoms with van der Waals surface area (Å²) in [5.74, 6) is 0.568. The van der Waals surface area contributed by atoms with Crippen molar-refractivity contribution in [2.24, 2.45) is 0 Å². The third-order valence-corrected chi connectivity index (χ3v) is 3.72. The summed E-state index contributed by atoms with van der Waals surface area (Å²) in [6.45, 7) is 2.05. The number of pyridine rings is 1. The summed E-state index contributed by atoms with van der Waals surface area (Å²) in [4.78, 5) is 4.13. The lowest BCUT2D eigenvalue weighted by atomic mass is 10.2. The molecule has 0 spiro atoms. The van der Waals surface area contributed by atoms with Gasteiger partial charge in [0.1, 0.15) is 11.0 Å². The van der Waals surface area contributed by atoms with Crippen LogP contribution in [0.3, 0.4) is 0 Å². The molecular weight excluding hydrogens is 361 g/mol. The quantitative estimate of drug-likeness (QED) is 0.635. The second-order valence-electron chi connectivity index (χ2n) is 3.76. The molecule has 0 amide bonds. The molecule has 0 aliphatic heterocycles. The van der Waals surface area contributed by atoms with E-state index in [1.165, 1.54) is 15.2 Å². The highest BCUT2D eigenvalue weighted by Crippen LogP contribution is 2.22. The molecule has 0 fully saturated rings. The van der Waals surface area contributed by atoms with E-state index >= 15 is 0 Å². The Morgan fingerprint density at radius 3 is 2.78 bits per heavy atom. The van der Waals surface area contributed by atoms with E-state index in [2.05, 4.69) is 39.8 Å². The van der Waals surface area contributed by atoms with E-state index in [-0.39, 0.29) is 0 Å². The molecule has 5 heteroatoms. The van der Waals surface area contributed by atoms with Crippen molar-refractivity contribution in [1.29, 1.82) is 5.26 Å². The maximum Gasteiger partial charge on any atom is 0.133 e.